The van der Waals surface area contributed by atoms with E-state index < -0.39 is 203 Å². The smallest absolute Gasteiger partial charge is 0.309 e. The topological polar surface area (TPSA) is 413 Å². The van der Waals surface area contributed by atoms with Gasteiger partial charge in [-0.15, -0.1) is 0 Å². The van der Waals surface area contributed by atoms with Crippen molar-refractivity contribution in [2.24, 2.45) is 17.8 Å². The fourth-order valence-corrected chi connectivity index (χ4v) is 11.6. The van der Waals surface area contributed by atoms with Crippen LogP contribution >= 0.6 is 0 Å². The Balaban J connectivity index is 0.853. The highest BCUT2D eigenvalue weighted by atomic mass is 16.7. The van der Waals surface area contributed by atoms with Crippen LogP contribution in [-0.2, 0) is 52.2 Å². The van der Waals surface area contributed by atoms with E-state index in [1.807, 2.05) is 0 Å². The average molecular weight is 1050 g/mol. The summed E-state index contributed by atoms with van der Waals surface area (Å²) in [7, 11) is 0. The van der Waals surface area contributed by atoms with E-state index >= 15 is 0 Å². The Morgan fingerprint density at radius 2 is 1.00 bits per heavy atom. The minimum Gasteiger partial charge on any atom is -0.463 e. The van der Waals surface area contributed by atoms with E-state index in [9.17, 15) is 81.4 Å². The molecular weight excluding hydrogens is 968 g/mol. The first-order valence-electron chi connectivity index (χ1n) is 25.4. The van der Waals surface area contributed by atoms with Gasteiger partial charge in [0.2, 0.25) is 0 Å². The molecule has 5 saturated heterocycles. The number of aliphatic hydroxyl groups is 15. The summed E-state index contributed by atoms with van der Waals surface area (Å²) in [5, 5.41) is 158. The van der Waals surface area contributed by atoms with Crippen LogP contribution in [0, 0.1) is 17.8 Å². The highest BCUT2D eigenvalue weighted by Crippen LogP contribution is 2.45. The molecule has 3 aliphatic carbocycles. The summed E-state index contributed by atoms with van der Waals surface area (Å²) < 4.78 is 59.1. The number of fused-ring (bicyclic) bond motifs is 1. The molecule has 0 aromatic carbocycles. The predicted octanol–water partition coefficient (Wildman–Crippen LogP) is -6.39. The SMILES string of the molecule is CC1OC(OCC2OC(OC3CC4C(O)CC(OC5OC(COC(=O)C6CCC(OC7OC(CO)C(O)C(O)C7O)CC6)C(O)C(O)C5O)CC4OC3C3CCC(O)CC3)C(O)C(O)C2O)C(O)C(O)C1O. The molecule has 0 aromatic heterocycles. The van der Waals surface area contributed by atoms with Gasteiger partial charge < -0.3 is 124 Å². The van der Waals surface area contributed by atoms with Crippen LogP contribution in [0.4, 0.5) is 0 Å². The lowest BCUT2D eigenvalue weighted by Crippen LogP contribution is -2.63. The third kappa shape index (κ3) is 12.4. The van der Waals surface area contributed by atoms with Crippen molar-refractivity contribution in [1.29, 1.82) is 0 Å². The molecule has 72 heavy (non-hydrogen) atoms. The van der Waals surface area contributed by atoms with Crippen molar-refractivity contribution in [3.05, 3.63) is 0 Å². The Hall–Kier alpha value is -1.49. The van der Waals surface area contributed by atoms with E-state index in [1.54, 1.807) is 0 Å². The zero-order valence-electron chi connectivity index (χ0n) is 39.9. The molecule has 0 amide bonds. The van der Waals surface area contributed by atoms with E-state index in [0.717, 1.165) is 0 Å². The molecule has 3 saturated carbocycles. The van der Waals surface area contributed by atoms with Gasteiger partial charge >= 0.3 is 5.97 Å². The number of hydrogen-bond acceptors (Lipinski definition) is 26. The quantitative estimate of drug-likeness (QED) is 0.0720. The summed E-state index contributed by atoms with van der Waals surface area (Å²) in [6, 6.07) is 0. The van der Waals surface area contributed by atoms with Crippen molar-refractivity contribution in [2.45, 2.75) is 243 Å². The van der Waals surface area contributed by atoms with Crippen molar-refractivity contribution >= 4 is 5.97 Å². The molecular formula is C46H76O26. The molecule has 8 fully saturated rings. The number of carbonyl (C=O) groups excluding carboxylic acids is 1. The molecule has 5 aliphatic heterocycles. The van der Waals surface area contributed by atoms with Crippen molar-refractivity contribution in [3.8, 4) is 0 Å². The van der Waals surface area contributed by atoms with Crippen LogP contribution in [0.1, 0.15) is 77.6 Å². The van der Waals surface area contributed by atoms with Crippen LogP contribution in [0.15, 0.2) is 0 Å². The molecule has 15 N–H and O–H groups in total. The second-order valence-corrected chi connectivity index (χ2v) is 21.1. The number of carbonyl (C=O) groups is 1. The molecule has 8 aliphatic rings. The Labute approximate surface area is 414 Å². The Morgan fingerprint density at radius 1 is 0.486 bits per heavy atom. The van der Waals surface area contributed by atoms with Gasteiger partial charge in [0.25, 0.3) is 0 Å². The van der Waals surface area contributed by atoms with E-state index in [2.05, 4.69) is 0 Å². The maximum Gasteiger partial charge on any atom is 0.309 e. The molecule has 0 bridgehead atoms. The second-order valence-electron chi connectivity index (χ2n) is 21.1. The molecule has 0 spiro atoms. The fraction of sp³-hybridized carbons (Fsp3) is 0.978. The normalized spacial score (nSPS) is 52.6. The minimum absolute atomic E-state index is 0.00249. The van der Waals surface area contributed by atoms with Crippen molar-refractivity contribution in [2.75, 3.05) is 19.8 Å². The number of aliphatic hydroxyl groups excluding tert-OH is 15. The van der Waals surface area contributed by atoms with Gasteiger partial charge in [-0.1, -0.05) is 0 Å². The van der Waals surface area contributed by atoms with E-state index in [1.165, 1.54) is 6.92 Å². The average Bonchev–Trinajstić information content (AvgIpc) is 3.37. The summed E-state index contributed by atoms with van der Waals surface area (Å²) >= 11 is 0. The first-order chi connectivity index (χ1) is 34.2. The summed E-state index contributed by atoms with van der Waals surface area (Å²) in [6.07, 6.45) is -31.9. The molecule has 26 nitrogen and oxygen atoms in total. The number of ether oxygens (including phenoxy) is 10. The van der Waals surface area contributed by atoms with Crippen LogP contribution in [0.2, 0.25) is 0 Å². The maximum atomic E-state index is 13.2. The van der Waals surface area contributed by atoms with E-state index in [4.69, 9.17) is 47.4 Å². The van der Waals surface area contributed by atoms with E-state index in [0.29, 0.717) is 51.4 Å². The molecule has 26 heteroatoms. The van der Waals surface area contributed by atoms with Gasteiger partial charge in [-0.25, -0.2) is 0 Å². The lowest BCUT2D eigenvalue weighted by molar-refractivity contribution is -0.348. The first kappa shape index (κ1) is 56.7. The van der Waals surface area contributed by atoms with E-state index in [-0.39, 0.29) is 25.2 Å². The number of hydrogen-bond donors (Lipinski definition) is 15. The number of rotatable bonds is 14. The molecule has 26 unspecified atom stereocenters. The van der Waals surface area contributed by atoms with Crippen LogP contribution in [0.3, 0.4) is 0 Å². The standard InChI is InChI=1S/C46H76O26/c1-16-29(50)33(54)37(58)43(65-16)64-15-28-32(53)36(57)40(61)46(72-28)69-25-12-22-23(49)10-21(11-24(22)68-41(25)17-2-6-19(48)7-3-17)67-45-39(60)35(56)31(52)27(71-45)14-63-42(62)18-4-8-20(9-5-18)66-44-38(59)34(55)30(51)26(13-47)70-44/h16-41,43-61H,2-15H2,1H3. The van der Waals surface area contributed by atoms with Gasteiger partial charge in [0.05, 0.1) is 68.0 Å². The monoisotopic (exact) mass is 1040 g/mol. The second kappa shape index (κ2) is 24.5. The van der Waals surface area contributed by atoms with Gasteiger partial charge in [0.15, 0.2) is 25.2 Å². The molecule has 0 radical (unpaired) electrons. The van der Waals surface area contributed by atoms with Crippen LogP contribution in [-0.4, -0.2) is 268 Å². The van der Waals surface area contributed by atoms with Crippen molar-refractivity contribution in [3.63, 3.8) is 0 Å². The largest absolute Gasteiger partial charge is 0.463 e. The summed E-state index contributed by atoms with van der Waals surface area (Å²) in [4.78, 5) is 13.2. The molecule has 416 valence electrons. The van der Waals surface area contributed by atoms with Crippen molar-refractivity contribution in [1.82, 2.24) is 0 Å². The summed E-state index contributed by atoms with van der Waals surface area (Å²) in [6.45, 7) is -0.164. The van der Waals surface area contributed by atoms with Gasteiger partial charge in [0.1, 0.15) is 98.2 Å². The van der Waals surface area contributed by atoms with Crippen LogP contribution in [0.25, 0.3) is 0 Å². The lowest BCUT2D eigenvalue weighted by Gasteiger charge is -2.51. The maximum absolute atomic E-state index is 13.2. The Morgan fingerprint density at radius 3 is 1.60 bits per heavy atom. The summed E-state index contributed by atoms with van der Waals surface area (Å²) in [5.74, 6) is -1.96. The van der Waals surface area contributed by atoms with Gasteiger partial charge in [-0.3, -0.25) is 4.79 Å². The third-order valence-electron chi connectivity index (χ3n) is 16.2. The lowest BCUT2D eigenvalue weighted by atomic mass is 9.73. The molecule has 0 aromatic rings. The highest BCUT2D eigenvalue weighted by Gasteiger charge is 2.54. The first-order valence-corrected chi connectivity index (χ1v) is 25.4. The molecule has 8 rings (SSSR count). The van der Waals surface area contributed by atoms with Crippen LogP contribution < -0.4 is 0 Å². The van der Waals surface area contributed by atoms with Crippen LogP contribution in [0.5, 0.6) is 0 Å². The summed E-state index contributed by atoms with van der Waals surface area (Å²) in [5.41, 5.74) is 0. The predicted molar refractivity (Wildman–Crippen MR) is 233 cm³/mol. The zero-order chi connectivity index (χ0) is 51.9. The molecule has 26 atom stereocenters. The zero-order valence-corrected chi connectivity index (χ0v) is 39.9. The highest BCUT2D eigenvalue weighted by molar-refractivity contribution is 5.72. The van der Waals surface area contributed by atoms with Crippen molar-refractivity contribution < 1.29 is 129 Å². The third-order valence-corrected chi connectivity index (χ3v) is 16.2. The minimum atomic E-state index is -1.79. The van der Waals surface area contributed by atoms with Gasteiger partial charge in [-0.05, 0) is 70.6 Å². The number of esters is 1. The van der Waals surface area contributed by atoms with Gasteiger partial charge in [0, 0.05) is 18.8 Å². The Bertz CT molecular complexity index is 1700. The van der Waals surface area contributed by atoms with Gasteiger partial charge in [-0.2, -0.15) is 0 Å². The fourth-order valence-electron chi connectivity index (χ4n) is 11.6. The molecule has 5 heterocycles. The Kier molecular flexibility index (Phi) is 19.3.